The largest absolute Gasteiger partial charge is 0.308 e. The molecule has 1 aliphatic rings. The van der Waals surface area contributed by atoms with Crippen molar-refractivity contribution in [2.45, 2.75) is 65.0 Å². The van der Waals surface area contributed by atoms with Crippen LogP contribution in [0.25, 0.3) is 0 Å². The monoisotopic (exact) mass is 209 g/mol. The van der Waals surface area contributed by atoms with Crippen molar-refractivity contribution in [2.75, 3.05) is 0 Å². The highest BCUT2D eigenvalue weighted by molar-refractivity contribution is 4.86. The molecule has 1 saturated carbocycles. The fraction of sp³-hybridized carbons (Fsp3) is 0.857. The highest BCUT2D eigenvalue weighted by atomic mass is 14.9. The van der Waals surface area contributed by atoms with E-state index in [0.717, 1.165) is 11.8 Å². The van der Waals surface area contributed by atoms with E-state index in [0.29, 0.717) is 12.1 Å². The molecule has 0 aliphatic heterocycles. The minimum absolute atomic E-state index is 0.436. The average Bonchev–Trinajstić information content (AvgIpc) is 2.29. The molecule has 0 amide bonds. The summed E-state index contributed by atoms with van der Waals surface area (Å²) < 4.78 is 0. The third-order valence-corrected chi connectivity index (χ3v) is 4.06. The average molecular weight is 209 g/mol. The second-order valence-electron chi connectivity index (χ2n) is 5.24. The Hall–Kier alpha value is -0.300. The first-order valence-electron chi connectivity index (χ1n) is 6.53. The first-order chi connectivity index (χ1) is 7.15. The van der Waals surface area contributed by atoms with Gasteiger partial charge in [0.15, 0.2) is 0 Å². The number of nitrogens with one attached hydrogen (secondary N) is 1. The lowest BCUT2D eigenvalue weighted by Gasteiger charge is -2.33. The molecule has 1 nitrogen and oxygen atoms in total. The van der Waals surface area contributed by atoms with Gasteiger partial charge in [-0.3, -0.25) is 0 Å². The Morgan fingerprint density at radius 1 is 1.13 bits per heavy atom. The normalized spacial score (nSPS) is 24.5. The van der Waals surface area contributed by atoms with Crippen LogP contribution in [-0.2, 0) is 0 Å². The minimum atomic E-state index is 0.436. The summed E-state index contributed by atoms with van der Waals surface area (Å²) in [4.78, 5) is 0. The Bertz CT molecular complexity index is 182. The molecule has 1 aliphatic carbocycles. The van der Waals surface area contributed by atoms with Gasteiger partial charge in [0.2, 0.25) is 0 Å². The van der Waals surface area contributed by atoms with Crippen molar-refractivity contribution in [3.8, 4) is 0 Å². The second kappa shape index (κ2) is 6.32. The zero-order chi connectivity index (χ0) is 11.3. The fourth-order valence-corrected chi connectivity index (χ4v) is 2.70. The molecule has 0 spiro atoms. The third-order valence-electron chi connectivity index (χ3n) is 4.06. The third kappa shape index (κ3) is 3.98. The van der Waals surface area contributed by atoms with Crippen LogP contribution < -0.4 is 5.32 Å². The lowest BCUT2D eigenvalue weighted by molar-refractivity contribution is 0.215. The van der Waals surface area contributed by atoms with Crippen molar-refractivity contribution in [3.05, 3.63) is 12.7 Å². The van der Waals surface area contributed by atoms with Crippen LogP contribution in [0.5, 0.6) is 0 Å². The van der Waals surface area contributed by atoms with E-state index in [1.54, 1.807) is 0 Å². The molecule has 1 rings (SSSR count). The predicted molar refractivity (Wildman–Crippen MR) is 68.0 cm³/mol. The molecule has 1 N–H and O–H groups in total. The van der Waals surface area contributed by atoms with Gasteiger partial charge in [-0.2, -0.15) is 0 Å². The predicted octanol–water partition coefficient (Wildman–Crippen LogP) is 3.76. The molecule has 3 atom stereocenters. The summed E-state index contributed by atoms with van der Waals surface area (Å²) in [5.41, 5.74) is 0. The number of hydrogen-bond donors (Lipinski definition) is 1. The number of rotatable bonds is 5. The van der Waals surface area contributed by atoms with Gasteiger partial charge in [0.05, 0.1) is 0 Å². The molecular weight excluding hydrogens is 182 g/mol. The molecule has 88 valence electrons. The van der Waals surface area contributed by atoms with Crippen LogP contribution in [0.1, 0.15) is 52.9 Å². The highest BCUT2D eigenvalue weighted by Gasteiger charge is 2.24. The summed E-state index contributed by atoms with van der Waals surface area (Å²) in [6, 6.07) is 1.05. The maximum atomic E-state index is 3.82. The van der Waals surface area contributed by atoms with Gasteiger partial charge in [0.1, 0.15) is 0 Å². The molecule has 15 heavy (non-hydrogen) atoms. The van der Waals surface area contributed by atoms with Crippen LogP contribution in [0.3, 0.4) is 0 Å². The summed E-state index contributed by atoms with van der Waals surface area (Å²) in [5, 5.41) is 3.61. The first kappa shape index (κ1) is 12.8. The van der Waals surface area contributed by atoms with Gasteiger partial charge < -0.3 is 5.32 Å². The van der Waals surface area contributed by atoms with Crippen LogP contribution in [-0.4, -0.2) is 12.1 Å². The molecule has 0 heterocycles. The molecular formula is C14H27N. The molecule has 0 aromatic carbocycles. The summed E-state index contributed by atoms with van der Waals surface area (Å²) in [5.74, 6) is 1.74. The lowest BCUT2D eigenvalue weighted by Crippen LogP contribution is -2.40. The quantitative estimate of drug-likeness (QED) is 0.680. The molecule has 0 aromatic rings. The molecule has 3 unspecified atom stereocenters. The maximum absolute atomic E-state index is 3.82. The van der Waals surface area contributed by atoms with Gasteiger partial charge in [-0.05, 0) is 25.7 Å². The van der Waals surface area contributed by atoms with E-state index in [2.05, 4.69) is 32.7 Å². The van der Waals surface area contributed by atoms with Crippen LogP contribution in [0.15, 0.2) is 12.7 Å². The summed E-state index contributed by atoms with van der Waals surface area (Å²) >= 11 is 0. The summed E-state index contributed by atoms with van der Waals surface area (Å²) in [6.45, 7) is 10.7. The van der Waals surface area contributed by atoms with Gasteiger partial charge in [0, 0.05) is 12.1 Å². The zero-order valence-corrected chi connectivity index (χ0v) is 10.6. The molecule has 1 heteroatoms. The zero-order valence-electron chi connectivity index (χ0n) is 10.6. The van der Waals surface area contributed by atoms with Gasteiger partial charge in [-0.15, -0.1) is 6.58 Å². The Morgan fingerprint density at radius 2 is 1.73 bits per heavy atom. The van der Waals surface area contributed by atoms with E-state index < -0.39 is 0 Å². The van der Waals surface area contributed by atoms with Crippen LogP contribution >= 0.6 is 0 Å². The van der Waals surface area contributed by atoms with E-state index in [9.17, 15) is 0 Å². The fourth-order valence-electron chi connectivity index (χ4n) is 2.70. The van der Waals surface area contributed by atoms with Crippen molar-refractivity contribution >= 4 is 0 Å². The van der Waals surface area contributed by atoms with Gasteiger partial charge in [-0.1, -0.05) is 45.1 Å². The van der Waals surface area contributed by atoms with Crippen LogP contribution in [0.2, 0.25) is 0 Å². The minimum Gasteiger partial charge on any atom is -0.308 e. The Kier molecular flexibility index (Phi) is 5.38. The maximum Gasteiger partial charge on any atom is 0.0221 e. The Morgan fingerprint density at radius 3 is 2.27 bits per heavy atom. The van der Waals surface area contributed by atoms with Gasteiger partial charge in [0.25, 0.3) is 0 Å². The van der Waals surface area contributed by atoms with Crippen molar-refractivity contribution in [2.24, 2.45) is 11.8 Å². The molecule has 0 aromatic heterocycles. The van der Waals surface area contributed by atoms with Crippen molar-refractivity contribution < 1.29 is 0 Å². The summed E-state index contributed by atoms with van der Waals surface area (Å²) in [7, 11) is 0. The van der Waals surface area contributed by atoms with Crippen LogP contribution in [0, 0.1) is 11.8 Å². The summed E-state index contributed by atoms with van der Waals surface area (Å²) in [6.07, 6.45) is 9.21. The Labute approximate surface area is 95.3 Å². The topological polar surface area (TPSA) is 12.0 Å². The van der Waals surface area contributed by atoms with E-state index in [1.165, 1.54) is 32.1 Å². The van der Waals surface area contributed by atoms with E-state index in [4.69, 9.17) is 0 Å². The second-order valence-corrected chi connectivity index (χ2v) is 5.24. The smallest absolute Gasteiger partial charge is 0.0221 e. The Balaban J connectivity index is 2.36. The van der Waals surface area contributed by atoms with Crippen molar-refractivity contribution in [3.63, 3.8) is 0 Å². The molecule has 0 bridgehead atoms. The standard InChI is InChI=1S/C14H27N/c1-5-11(2)15-13(4)12(3)14-9-7-6-8-10-14/h5,11-15H,1,6-10H2,2-4H3. The number of hydrogen-bond acceptors (Lipinski definition) is 1. The van der Waals surface area contributed by atoms with E-state index in [-0.39, 0.29) is 0 Å². The molecule has 1 fully saturated rings. The van der Waals surface area contributed by atoms with Crippen molar-refractivity contribution in [1.82, 2.24) is 5.32 Å². The molecule has 0 saturated heterocycles. The van der Waals surface area contributed by atoms with Crippen LogP contribution in [0.4, 0.5) is 0 Å². The van der Waals surface area contributed by atoms with Gasteiger partial charge in [-0.25, -0.2) is 0 Å². The van der Waals surface area contributed by atoms with E-state index >= 15 is 0 Å². The lowest BCUT2D eigenvalue weighted by atomic mass is 9.78. The van der Waals surface area contributed by atoms with Crippen molar-refractivity contribution in [1.29, 1.82) is 0 Å². The molecule has 0 radical (unpaired) electrons. The highest BCUT2D eigenvalue weighted by Crippen LogP contribution is 2.31. The first-order valence-corrected chi connectivity index (χ1v) is 6.53. The van der Waals surface area contributed by atoms with E-state index in [1.807, 2.05) is 6.08 Å². The van der Waals surface area contributed by atoms with Gasteiger partial charge >= 0.3 is 0 Å². The SMILES string of the molecule is C=CC(C)NC(C)C(C)C1CCCCC1.